The Morgan fingerprint density at radius 1 is 0.667 bits per heavy atom. The molecule has 0 bridgehead atoms. The van der Waals surface area contributed by atoms with E-state index in [1.807, 2.05) is 24.3 Å². The van der Waals surface area contributed by atoms with Crippen molar-refractivity contribution in [1.82, 2.24) is 19.8 Å². The Morgan fingerprint density at radius 2 is 1.19 bits per heavy atom. The summed E-state index contributed by atoms with van der Waals surface area (Å²) >= 11 is 0. The summed E-state index contributed by atoms with van der Waals surface area (Å²) in [6.07, 6.45) is -3.33. The molecule has 9 heteroatoms. The van der Waals surface area contributed by atoms with Gasteiger partial charge in [0.15, 0.2) is 0 Å². The number of hydrogen-bond acceptors (Lipinski definition) is 4. The number of alkyl halides is 3. The summed E-state index contributed by atoms with van der Waals surface area (Å²) in [6.45, 7) is -0.962. The number of benzene rings is 4. The molecular weight excluding hydrogens is 556 g/mol. The van der Waals surface area contributed by atoms with Crippen LogP contribution in [0.3, 0.4) is 0 Å². The number of halogens is 3. The number of aromatic nitrogens is 4. The zero-order valence-electron chi connectivity index (χ0n) is 22.8. The Kier molecular flexibility index (Phi) is 7.03. The molecule has 0 fully saturated rings. The summed E-state index contributed by atoms with van der Waals surface area (Å²) in [4.78, 5) is 0. The van der Waals surface area contributed by atoms with Crippen molar-refractivity contribution in [2.45, 2.75) is 19.4 Å². The number of rotatable bonds is 8. The first kappa shape index (κ1) is 27.6. The van der Waals surface area contributed by atoms with Crippen LogP contribution in [0.1, 0.15) is 12.7 Å². The third-order valence-corrected chi connectivity index (χ3v) is 15.0. The minimum atomic E-state index is -4.75. The van der Waals surface area contributed by atoms with Crippen LogP contribution >= 0.6 is 6.60 Å². The van der Waals surface area contributed by atoms with Gasteiger partial charge >= 0.3 is 242 Å². The molecule has 42 heavy (non-hydrogen) atoms. The van der Waals surface area contributed by atoms with Crippen molar-refractivity contribution in [3.05, 3.63) is 133 Å². The zero-order chi connectivity index (χ0) is 29.2. The molecule has 0 unspecified atom stereocenters. The van der Waals surface area contributed by atoms with E-state index in [9.17, 15) is 13.2 Å². The maximum atomic E-state index is 12.7. The molecule has 0 saturated carbocycles. The molecule has 6 aromatic rings. The van der Waals surface area contributed by atoms with Crippen LogP contribution in [0.5, 0.6) is 5.75 Å². The topological polar surface area (TPSA) is 52.3 Å². The average molecular weight is 585 g/mol. The number of nitrogens with zero attached hydrogens (tertiary/aromatic N) is 4. The fourth-order valence-electron chi connectivity index (χ4n) is 5.97. The van der Waals surface area contributed by atoms with Crippen LogP contribution in [0, 0.1) is 0 Å². The Bertz CT molecular complexity index is 1710. The quantitative estimate of drug-likeness (QED) is 0.186. The molecule has 0 N–H and O–H groups in total. The summed E-state index contributed by atoms with van der Waals surface area (Å²) in [6, 6.07) is 41.2. The molecule has 5 nitrogen and oxygen atoms in total. The average Bonchev–Trinajstić information content (AvgIpc) is 3.42. The molecule has 2 aromatic heterocycles. The van der Waals surface area contributed by atoms with Gasteiger partial charge in [-0.15, -0.1) is 0 Å². The van der Waals surface area contributed by atoms with E-state index in [2.05, 4.69) is 94.7 Å². The van der Waals surface area contributed by atoms with Crippen molar-refractivity contribution in [2.75, 3.05) is 6.16 Å². The van der Waals surface area contributed by atoms with Crippen LogP contribution < -0.4 is 20.7 Å². The Labute approximate surface area is 241 Å². The van der Waals surface area contributed by atoms with Gasteiger partial charge in [-0.25, -0.2) is 0 Å². The second kappa shape index (κ2) is 10.7. The predicted molar refractivity (Wildman–Crippen MR) is 162 cm³/mol. The molecule has 0 saturated heterocycles. The molecule has 4 aromatic carbocycles. The molecular formula is C33H28F3N4OP. The van der Waals surface area contributed by atoms with Crippen LogP contribution in [0.25, 0.3) is 16.9 Å². The van der Waals surface area contributed by atoms with Gasteiger partial charge in [0, 0.05) is 0 Å². The summed E-state index contributed by atoms with van der Waals surface area (Å²) in [5.74, 6) is 0.422. The molecule has 0 atom stereocenters. The van der Waals surface area contributed by atoms with Crippen molar-refractivity contribution in [3.8, 4) is 17.0 Å². The standard InChI is InChI=1S/C33H28F3N4OP/c1-2-42(27-12-6-3-7-13-27,28-14-8-4-9-15-28,29-16-10-5-11-17-29)24-32-38-37-31-23-22-30(39-40(31)32)25-18-20-26(21-19-25)41-33(34,35)36/h3-23H,2,24H2,1H3. The first-order chi connectivity index (χ1) is 20.3. The van der Waals surface area contributed by atoms with Crippen LogP contribution in [0.15, 0.2) is 127 Å². The first-order valence-electron chi connectivity index (χ1n) is 13.6. The van der Waals surface area contributed by atoms with Crippen molar-refractivity contribution in [1.29, 1.82) is 0 Å². The van der Waals surface area contributed by atoms with Gasteiger partial charge in [-0.2, -0.15) is 0 Å². The fraction of sp³-hybridized carbons (Fsp3) is 0.121. The van der Waals surface area contributed by atoms with Crippen LogP contribution in [-0.4, -0.2) is 32.3 Å². The molecule has 0 aliphatic heterocycles. The number of fused-ring (bicyclic) bond motifs is 1. The number of hydrogen-bond donors (Lipinski definition) is 0. The van der Waals surface area contributed by atoms with Gasteiger partial charge in [0.1, 0.15) is 0 Å². The predicted octanol–water partition coefficient (Wildman–Crippen LogP) is 6.74. The Balaban J connectivity index is 1.54. The Hall–Kier alpha value is -4.55. The normalized spacial score (nSPS) is 13.0. The van der Waals surface area contributed by atoms with E-state index in [-0.39, 0.29) is 5.75 Å². The van der Waals surface area contributed by atoms with Crippen LogP contribution in [0.2, 0.25) is 0 Å². The van der Waals surface area contributed by atoms with E-state index in [0.717, 1.165) is 6.16 Å². The van der Waals surface area contributed by atoms with Gasteiger partial charge < -0.3 is 0 Å². The van der Waals surface area contributed by atoms with Gasteiger partial charge in [-0.05, 0) is 0 Å². The van der Waals surface area contributed by atoms with Gasteiger partial charge in [-0.3, -0.25) is 0 Å². The van der Waals surface area contributed by atoms with Gasteiger partial charge in [-0.1, -0.05) is 0 Å². The molecule has 2 heterocycles. The van der Waals surface area contributed by atoms with E-state index in [1.165, 1.54) is 28.0 Å². The number of ether oxygens (including phenoxy) is 1. The van der Waals surface area contributed by atoms with Crippen molar-refractivity contribution in [2.24, 2.45) is 0 Å². The van der Waals surface area contributed by atoms with Crippen molar-refractivity contribution in [3.63, 3.8) is 0 Å². The van der Waals surface area contributed by atoms with Gasteiger partial charge in [0.05, 0.1) is 0 Å². The maximum absolute atomic E-state index is 12.7. The molecule has 0 spiro atoms. The minimum absolute atomic E-state index is 0.286. The van der Waals surface area contributed by atoms with E-state index >= 15 is 0 Å². The second-order valence-corrected chi connectivity index (χ2v) is 15.7. The fourth-order valence-corrected chi connectivity index (χ4v) is 12.2. The Morgan fingerprint density at radius 3 is 1.67 bits per heavy atom. The van der Waals surface area contributed by atoms with E-state index in [0.29, 0.717) is 28.9 Å². The molecule has 6 rings (SSSR count). The molecule has 0 amide bonds. The van der Waals surface area contributed by atoms with Gasteiger partial charge in [0.2, 0.25) is 0 Å². The monoisotopic (exact) mass is 584 g/mol. The van der Waals surface area contributed by atoms with E-state index < -0.39 is 13.0 Å². The van der Waals surface area contributed by atoms with E-state index in [4.69, 9.17) is 5.10 Å². The summed E-state index contributed by atoms with van der Waals surface area (Å²) in [5.41, 5.74) is 1.82. The molecule has 0 aliphatic carbocycles. The van der Waals surface area contributed by atoms with Crippen molar-refractivity contribution >= 4 is 28.2 Å². The van der Waals surface area contributed by atoms with Crippen LogP contribution in [-0.2, 0) is 6.16 Å². The molecule has 0 aliphatic rings. The zero-order valence-corrected chi connectivity index (χ0v) is 23.7. The van der Waals surface area contributed by atoms with Gasteiger partial charge in [0.25, 0.3) is 0 Å². The van der Waals surface area contributed by atoms with Crippen LogP contribution in [0.4, 0.5) is 13.2 Å². The summed E-state index contributed by atoms with van der Waals surface area (Å²) in [7, 11) is 0. The SMILES string of the molecule is CCP(Cc1nnc2ccc(-c3ccc(OC(F)(F)F)cc3)nn12)(c1ccccc1)(c1ccccc1)c1ccccc1. The second-order valence-electron chi connectivity index (χ2n) is 10.2. The third-order valence-electron chi connectivity index (χ3n) is 8.04. The summed E-state index contributed by atoms with van der Waals surface area (Å²) in [5, 5.41) is 17.8. The molecule has 212 valence electrons. The molecule has 0 radical (unpaired) electrons. The van der Waals surface area contributed by atoms with E-state index in [1.54, 1.807) is 22.7 Å². The summed E-state index contributed by atoms with van der Waals surface area (Å²) < 4.78 is 43.8. The third kappa shape index (κ3) is 4.72. The first-order valence-corrected chi connectivity index (χ1v) is 16.2. The van der Waals surface area contributed by atoms with Crippen molar-refractivity contribution < 1.29 is 17.9 Å².